The van der Waals surface area contributed by atoms with Crippen molar-refractivity contribution in [1.82, 2.24) is 19.8 Å². The first-order valence-corrected chi connectivity index (χ1v) is 10.8. The van der Waals surface area contributed by atoms with Crippen LogP contribution < -0.4 is 4.90 Å². The number of hydrogen-bond donors (Lipinski definition) is 0. The summed E-state index contributed by atoms with van der Waals surface area (Å²) in [6, 6.07) is 10.3. The molecule has 0 unspecified atom stereocenters. The number of carbonyl (C=O) groups is 1. The van der Waals surface area contributed by atoms with Crippen molar-refractivity contribution >= 4 is 11.7 Å². The standard InChI is InChI=1S/C24H35N5O/c1-17-7-9-19(10-8-17)18(2)24(30)29-13-11-20(12-14-29)23-25-21(16-27(3)4)15-22(26-23)28(5)6/h7-10,15,18,20H,11-14,16H2,1-6H3/t18-/m0/s1. The molecular weight excluding hydrogens is 374 g/mol. The van der Waals surface area contributed by atoms with Crippen LogP contribution in [0.4, 0.5) is 5.82 Å². The number of hydrogen-bond acceptors (Lipinski definition) is 5. The van der Waals surface area contributed by atoms with Gasteiger partial charge in [0.1, 0.15) is 11.6 Å². The van der Waals surface area contributed by atoms with E-state index in [0.717, 1.165) is 55.4 Å². The highest BCUT2D eigenvalue weighted by molar-refractivity contribution is 5.83. The van der Waals surface area contributed by atoms with Gasteiger partial charge in [-0.2, -0.15) is 0 Å². The van der Waals surface area contributed by atoms with E-state index in [0.29, 0.717) is 5.92 Å². The fraction of sp³-hybridized carbons (Fsp3) is 0.542. The molecule has 1 atom stereocenters. The minimum atomic E-state index is -0.109. The van der Waals surface area contributed by atoms with Crippen LogP contribution in [0.1, 0.15) is 54.2 Å². The van der Waals surface area contributed by atoms with Crippen molar-refractivity contribution in [3.05, 3.63) is 53.0 Å². The molecule has 6 nitrogen and oxygen atoms in total. The maximum Gasteiger partial charge on any atom is 0.229 e. The van der Waals surface area contributed by atoms with Crippen LogP contribution in [0.5, 0.6) is 0 Å². The van der Waals surface area contributed by atoms with Gasteiger partial charge >= 0.3 is 0 Å². The third-order valence-corrected chi connectivity index (χ3v) is 5.84. The van der Waals surface area contributed by atoms with E-state index in [-0.39, 0.29) is 11.8 Å². The fourth-order valence-electron chi connectivity index (χ4n) is 3.95. The Balaban J connectivity index is 1.68. The zero-order valence-corrected chi connectivity index (χ0v) is 19.2. The van der Waals surface area contributed by atoms with Gasteiger partial charge in [0.05, 0.1) is 11.6 Å². The normalized spacial score (nSPS) is 16.0. The number of carbonyl (C=O) groups excluding carboxylic acids is 1. The molecule has 1 saturated heterocycles. The van der Waals surface area contributed by atoms with Crippen molar-refractivity contribution in [3.8, 4) is 0 Å². The molecule has 0 bridgehead atoms. The van der Waals surface area contributed by atoms with Gasteiger partial charge in [-0.05, 0) is 46.3 Å². The lowest BCUT2D eigenvalue weighted by Gasteiger charge is -2.33. The van der Waals surface area contributed by atoms with Crippen LogP contribution >= 0.6 is 0 Å². The summed E-state index contributed by atoms with van der Waals surface area (Å²) >= 11 is 0. The van der Waals surface area contributed by atoms with Crippen molar-refractivity contribution in [2.45, 2.75) is 45.1 Å². The van der Waals surface area contributed by atoms with Crippen molar-refractivity contribution < 1.29 is 4.79 Å². The van der Waals surface area contributed by atoms with Crippen LogP contribution in [-0.2, 0) is 11.3 Å². The molecule has 1 aliphatic rings. The zero-order valence-electron chi connectivity index (χ0n) is 19.2. The number of piperidine rings is 1. The zero-order chi connectivity index (χ0) is 21.8. The smallest absolute Gasteiger partial charge is 0.229 e. The number of aryl methyl sites for hydroxylation is 1. The first-order chi connectivity index (χ1) is 14.2. The van der Waals surface area contributed by atoms with E-state index >= 15 is 0 Å². The molecule has 0 N–H and O–H groups in total. The number of rotatable bonds is 6. The van der Waals surface area contributed by atoms with Gasteiger partial charge in [0.15, 0.2) is 0 Å². The second-order valence-corrected chi connectivity index (χ2v) is 8.94. The Morgan fingerprint density at radius 1 is 1.10 bits per heavy atom. The third kappa shape index (κ3) is 5.36. The van der Waals surface area contributed by atoms with Crippen molar-refractivity contribution in [2.24, 2.45) is 0 Å². The second-order valence-electron chi connectivity index (χ2n) is 8.94. The highest BCUT2D eigenvalue weighted by Crippen LogP contribution is 2.29. The highest BCUT2D eigenvalue weighted by Gasteiger charge is 2.29. The lowest BCUT2D eigenvalue weighted by molar-refractivity contribution is -0.133. The number of amides is 1. The summed E-state index contributed by atoms with van der Waals surface area (Å²) in [6.45, 7) is 6.40. The Morgan fingerprint density at radius 2 is 1.73 bits per heavy atom. The number of anilines is 1. The molecule has 0 radical (unpaired) electrons. The SMILES string of the molecule is Cc1ccc([C@H](C)C(=O)N2CCC(c3nc(CN(C)C)cc(N(C)C)n3)CC2)cc1. The Morgan fingerprint density at radius 3 is 2.30 bits per heavy atom. The van der Waals surface area contributed by atoms with Crippen LogP contribution in [0.15, 0.2) is 30.3 Å². The molecule has 2 heterocycles. The van der Waals surface area contributed by atoms with Crippen LogP contribution in [-0.4, -0.2) is 67.0 Å². The lowest BCUT2D eigenvalue weighted by atomic mass is 9.93. The average molecular weight is 410 g/mol. The average Bonchev–Trinajstić information content (AvgIpc) is 2.72. The van der Waals surface area contributed by atoms with Gasteiger partial charge in [0.2, 0.25) is 5.91 Å². The van der Waals surface area contributed by atoms with E-state index < -0.39 is 0 Å². The maximum atomic E-state index is 13.0. The van der Waals surface area contributed by atoms with E-state index in [9.17, 15) is 4.79 Å². The van der Waals surface area contributed by atoms with Crippen LogP contribution in [0.25, 0.3) is 0 Å². The predicted molar refractivity (Wildman–Crippen MR) is 122 cm³/mol. The quantitative estimate of drug-likeness (QED) is 0.732. The molecule has 1 aromatic heterocycles. The summed E-state index contributed by atoms with van der Waals surface area (Å²) in [5.41, 5.74) is 3.34. The van der Waals surface area contributed by atoms with Crippen LogP contribution in [0.2, 0.25) is 0 Å². The van der Waals surface area contributed by atoms with E-state index in [1.807, 2.05) is 30.8 Å². The van der Waals surface area contributed by atoms with Gasteiger partial charge in [-0.15, -0.1) is 0 Å². The number of likely N-dealkylation sites (tertiary alicyclic amines) is 1. The summed E-state index contributed by atoms with van der Waals surface area (Å²) < 4.78 is 0. The summed E-state index contributed by atoms with van der Waals surface area (Å²) in [5.74, 6) is 2.26. The lowest BCUT2D eigenvalue weighted by Crippen LogP contribution is -2.40. The number of aromatic nitrogens is 2. The molecule has 0 spiro atoms. The Kier molecular flexibility index (Phi) is 7.08. The van der Waals surface area contributed by atoms with Gasteiger partial charge in [-0.1, -0.05) is 29.8 Å². The molecule has 2 aromatic rings. The third-order valence-electron chi connectivity index (χ3n) is 5.84. The summed E-state index contributed by atoms with van der Waals surface area (Å²) in [7, 11) is 8.13. The number of nitrogens with zero attached hydrogens (tertiary/aromatic N) is 5. The summed E-state index contributed by atoms with van der Waals surface area (Å²) in [4.78, 5) is 28.9. The van der Waals surface area contributed by atoms with Gasteiger partial charge in [0.25, 0.3) is 0 Å². The molecule has 6 heteroatoms. The van der Waals surface area contributed by atoms with Gasteiger partial charge < -0.3 is 14.7 Å². The van der Waals surface area contributed by atoms with Gasteiger partial charge in [-0.3, -0.25) is 4.79 Å². The maximum absolute atomic E-state index is 13.0. The van der Waals surface area contributed by atoms with Gasteiger partial charge in [0, 0.05) is 45.7 Å². The van der Waals surface area contributed by atoms with Crippen molar-refractivity contribution in [1.29, 1.82) is 0 Å². The highest BCUT2D eigenvalue weighted by atomic mass is 16.2. The molecule has 1 fully saturated rings. The topological polar surface area (TPSA) is 52.6 Å². The molecule has 162 valence electrons. The van der Waals surface area contributed by atoms with E-state index in [2.05, 4.69) is 56.3 Å². The second kappa shape index (κ2) is 9.56. The summed E-state index contributed by atoms with van der Waals surface area (Å²) in [5, 5.41) is 0. The molecule has 30 heavy (non-hydrogen) atoms. The first kappa shape index (κ1) is 22.2. The van der Waals surface area contributed by atoms with Crippen LogP contribution in [0.3, 0.4) is 0 Å². The van der Waals surface area contributed by atoms with E-state index in [1.54, 1.807) is 0 Å². The van der Waals surface area contributed by atoms with Crippen molar-refractivity contribution in [2.75, 3.05) is 46.2 Å². The van der Waals surface area contributed by atoms with Crippen LogP contribution in [0, 0.1) is 6.92 Å². The van der Waals surface area contributed by atoms with E-state index in [4.69, 9.17) is 9.97 Å². The monoisotopic (exact) mass is 409 g/mol. The molecule has 1 aliphatic heterocycles. The minimum Gasteiger partial charge on any atom is -0.363 e. The molecule has 1 aromatic carbocycles. The summed E-state index contributed by atoms with van der Waals surface area (Å²) in [6.07, 6.45) is 1.81. The van der Waals surface area contributed by atoms with E-state index in [1.165, 1.54) is 5.56 Å². The molecule has 0 saturated carbocycles. The first-order valence-electron chi connectivity index (χ1n) is 10.8. The minimum absolute atomic E-state index is 0.109. The molecule has 0 aliphatic carbocycles. The van der Waals surface area contributed by atoms with Crippen molar-refractivity contribution in [3.63, 3.8) is 0 Å². The Bertz CT molecular complexity index is 854. The Hall–Kier alpha value is -2.47. The van der Waals surface area contributed by atoms with Gasteiger partial charge in [-0.25, -0.2) is 9.97 Å². The molecule has 3 rings (SSSR count). The largest absolute Gasteiger partial charge is 0.363 e. The fourth-order valence-corrected chi connectivity index (χ4v) is 3.95. The number of benzene rings is 1. The molecular formula is C24H35N5O. The molecule has 1 amide bonds. The predicted octanol–water partition coefficient (Wildman–Crippen LogP) is 3.42. The Labute approximate surface area is 180 Å².